The summed E-state index contributed by atoms with van der Waals surface area (Å²) in [6, 6.07) is 0.225. The summed E-state index contributed by atoms with van der Waals surface area (Å²) in [5.74, 6) is -0.392. The number of aliphatic hydroxyl groups excluding tert-OH is 1. The molecule has 0 saturated carbocycles. The fourth-order valence-corrected chi connectivity index (χ4v) is 2.37. The zero-order valence-electron chi connectivity index (χ0n) is 11.8. The van der Waals surface area contributed by atoms with Crippen molar-refractivity contribution in [3.05, 3.63) is 0 Å². The summed E-state index contributed by atoms with van der Waals surface area (Å²) in [5, 5.41) is 12.8. The van der Waals surface area contributed by atoms with Crippen LogP contribution in [0.2, 0.25) is 0 Å². The number of piperidine rings is 1. The van der Waals surface area contributed by atoms with Gasteiger partial charge in [0.1, 0.15) is 6.04 Å². The Hall–Kier alpha value is -0.650. The van der Waals surface area contributed by atoms with E-state index in [0.29, 0.717) is 6.04 Å². The van der Waals surface area contributed by atoms with Gasteiger partial charge in [-0.2, -0.15) is 0 Å². The molecule has 1 fully saturated rings. The summed E-state index contributed by atoms with van der Waals surface area (Å²) >= 11 is 0. The zero-order valence-corrected chi connectivity index (χ0v) is 11.8. The summed E-state index contributed by atoms with van der Waals surface area (Å²) in [7, 11) is 1.35. The number of methoxy groups -OCH3 is 1. The van der Waals surface area contributed by atoms with Crippen molar-refractivity contribution in [1.29, 1.82) is 0 Å². The Morgan fingerprint density at radius 3 is 2.28 bits per heavy atom. The first kappa shape index (κ1) is 15.4. The molecular weight excluding hydrogens is 232 g/mol. The number of likely N-dealkylation sites (tertiary alicyclic amines) is 1. The standard InChI is InChI=1S/C13H26N2O3/c1-9(2)15-7-5-11(6-8-15)14-12(10(3)16)13(17)18-4/h9-12,14,16H,5-8H2,1-4H3/t10-,12-/m1/s1. The van der Waals surface area contributed by atoms with Crippen LogP contribution >= 0.6 is 0 Å². The number of nitrogens with zero attached hydrogens (tertiary/aromatic N) is 1. The zero-order chi connectivity index (χ0) is 13.7. The number of hydrogen-bond acceptors (Lipinski definition) is 5. The maximum Gasteiger partial charge on any atom is 0.325 e. The lowest BCUT2D eigenvalue weighted by Crippen LogP contribution is -2.53. The third kappa shape index (κ3) is 4.23. The van der Waals surface area contributed by atoms with E-state index >= 15 is 0 Å². The van der Waals surface area contributed by atoms with Crippen LogP contribution in [-0.4, -0.2) is 60.4 Å². The molecule has 1 heterocycles. The minimum absolute atomic E-state index is 0.277. The van der Waals surface area contributed by atoms with Crippen molar-refractivity contribution in [3.8, 4) is 0 Å². The average Bonchev–Trinajstić information content (AvgIpc) is 2.35. The van der Waals surface area contributed by atoms with Crippen LogP contribution in [0.15, 0.2) is 0 Å². The molecule has 2 atom stereocenters. The molecule has 0 aromatic heterocycles. The third-order valence-corrected chi connectivity index (χ3v) is 3.61. The van der Waals surface area contributed by atoms with Crippen molar-refractivity contribution in [2.45, 2.75) is 57.8 Å². The molecule has 1 saturated heterocycles. The molecule has 1 rings (SSSR count). The Labute approximate surface area is 109 Å². The number of rotatable bonds is 5. The lowest BCUT2D eigenvalue weighted by atomic mass is 10.0. The molecule has 18 heavy (non-hydrogen) atoms. The molecule has 1 aliphatic heterocycles. The second-order valence-electron chi connectivity index (χ2n) is 5.31. The Kier molecular flexibility index (Phi) is 6.05. The molecular formula is C13H26N2O3. The van der Waals surface area contributed by atoms with Crippen molar-refractivity contribution in [2.24, 2.45) is 0 Å². The van der Waals surface area contributed by atoms with Crippen molar-refractivity contribution < 1.29 is 14.6 Å². The summed E-state index contributed by atoms with van der Waals surface area (Å²) in [6.45, 7) is 8.06. The first-order valence-corrected chi connectivity index (χ1v) is 6.71. The number of hydrogen-bond donors (Lipinski definition) is 2. The highest BCUT2D eigenvalue weighted by molar-refractivity contribution is 5.76. The molecule has 106 valence electrons. The number of ether oxygens (including phenoxy) is 1. The third-order valence-electron chi connectivity index (χ3n) is 3.61. The van der Waals surface area contributed by atoms with Gasteiger partial charge in [-0.05, 0) is 46.7 Å². The van der Waals surface area contributed by atoms with Gasteiger partial charge in [-0.15, -0.1) is 0 Å². The van der Waals surface area contributed by atoms with Crippen LogP contribution in [-0.2, 0) is 9.53 Å². The van der Waals surface area contributed by atoms with Crippen LogP contribution in [0.25, 0.3) is 0 Å². The summed E-state index contributed by atoms with van der Waals surface area (Å²) < 4.78 is 4.70. The van der Waals surface area contributed by atoms with Crippen LogP contribution in [0.3, 0.4) is 0 Å². The monoisotopic (exact) mass is 258 g/mol. The molecule has 0 radical (unpaired) electrons. The molecule has 1 aliphatic rings. The van der Waals surface area contributed by atoms with Gasteiger partial charge in [0, 0.05) is 12.1 Å². The minimum Gasteiger partial charge on any atom is -0.468 e. The van der Waals surface area contributed by atoms with E-state index in [-0.39, 0.29) is 6.04 Å². The van der Waals surface area contributed by atoms with Crippen LogP contribution in [0.1, 0.15) is 33.6 Å². The number of nitrogens with one attached hydrogen (secondary N) is 1. The van der Waals surface area contributed by atoms with Gasteiger partial charge < -0.3 is 14.7 Å². The largest absolute Gasteiger partial charge is 0.468 e. The Balaban J connectivity index is 2.45. The Morgan fingerprint density at radius 2 is 1.89 bits per heavy atom. The van der Waals surface area contributed by atoms with Crippen LogP contribution in [0.4, 0.5) is 0 Å². The first-order valence-electron chi connectivity index (χ1n) is 6.71. The molecule has 0 aromatic carbocycles. The van der Waals surface area contributed by atoms with Gasteiger partial charge in [0.05, 0.1) is 13.2 Å². The van der Waals surface area contributed by atoms with E-state index in [4.69, 9.17) is 4.74 Å². The van der Waals surface area contributed by atoms with Gasteiger partial charge in [-0.3, -0.25) is 10.1 Å². The van der Waals surface area contributed by atoms with E-state index in [2.05, 4.69) is 24.1 Å². The number of carbonyl (C=O) groups is 1. The lowest BCUT2D eigenvalue weighted by Gasteiger charge is -2.36. The second-order valence-corrected chi connectivity index (χ2v) is 5.31. The maximum absolute atomic E-state index is 11.5. The predicted molar refractivity (Wildman–Crippen MR) is 70.4 cm³/mol. The average molecular weight is 258 g/mol. The number of carbonyl (C=O) groups excluding carboxylic acids is 1. The second kappa shape index (κ2) is 7.07. The lowest BCUT2D eigenvalue weighted by molar-refractivity contribution is -0.146. The predicted octanol–water partition coefficient (Wildman–Crippen LogP) is 0.371. The first-order chi connectivity index (χ1) is 8.45. The van der Waals surface area contributed by atoms with E-state index in [1.54, 1.807) is 6.92 Å². The van der Waals surface area contributed by atoms with Crippen LogP contribution < -0.4 is 5.32 Å². The molecule has 0 spiro atoms. The van der Waals surface area contributed by atoms with E-state index in [9.17, 15) is 9.90 Å². The van der Waals surface area contributed by atoms with Crippen LogP contribution in [0.5, 0.6) is 0 Å². The normalized spacial score (nSPS) is 21.9. The minimum atomic E-state index is -0.736. The molecule has 0 aliphatic carbocycles. The van der Waals surface area contributed by atoms with Gasteiger partial charge in [0.25, 0.3) is 0 Å². The highest BCUT2D eigenvalue weighted by Crippen LogP contribution is 2.14. The highest BCUT2D eigenvalue weighted by Gasteiger charge is 2.29. The molecule has 0 unspecified atom stereocenters. The molecule has 5 heteroatoms. The summed E-state index contributed by atoms with van der Waals surface area (Å²) in [5.41, 5.74) is 0. The Bertz CT molecular complexity index is 261. The van der Waals surface area contributed by atoms with Crippen LogP contribution in [0, 0.1) is 0 Å². The molecule has 0 amide bonds. The van der Waals surface area contributed by atoms with E-state index in [1.165, 1.54) is 7.11 Å². The molecule has 5 nitrogen and oxygen atoms in total. The van der Waals surface area contributed by atoms with Gasteiger partial charge in [-0.25, -0.2) is 0 Å². The van der Waals surface area contributed by atoms with Crippen molar-refractivity contribution in [1.82, 2.24) is 10.2 Å². The molecule has 0 aromatic rings. The van der Waals surface area contributed by atoms with E-state index in [0.717, 1.165) is 25.9 Å². The Morgan fingerprint density at radius 1 is 1.33 bits per heavy atom. The van der Waals surface area contributed by atoms with Crippen molar-refractivity contribution in [3.63, 3.8) is 0 Å². The number of esters is 1. The quantitative estimate of drug-likeness (QED) is 0.698. The fourth-order valence-electron chi connectivity index (χ4n) is 2.37. The van der Waals surface area contributed by atoms with E-state index < -0.39 is 18.1 Å². The highest BCUT2D eigenvalue weighted by atomic mass is 16.5. The van der Waals surface area contributed by atoms with Gasteiger partial charge >= 0.3 is 5.97 Å². The van der Waals surface area contributed by atoms with E-state index in [1.807, 2.05) is 0 Å². The molecule has 2 N–H and O–H groups in total. The topological polar surface area (TPSA) is 61.8 Å². The van der Waals surface area contributed by atoms with Gasteiger partial charge in [0.2, 0.25) is 0 Å². The summed E-state index contributed by atoms with van der Waals surface area (Å²) in [4.78, 5) is 14.0. The molecule has 0 bridgehead atoms. The SMILES string of the molecule is COC(=O)[C@H](NC1CCN(C(C)C)CC1)[C@@H](C)O. The van der Waals surface area contributed by atoms with Gasteiger partial charge in [-0.1, -0.05) is 0 Å². The fraction of sp³-hybridized carbons (Fsp3) is 0.923. The smallest absolute Gasteiger partial charge is 0.325 e. The number of aliphatic hydroxyl groups is 1. The maximum atomic E-state index is 11.5. The summed E-state index contributed by atoms with van der Waals surface area (Å²) in [6.07, 6.45) is 1.26. The van der Waals surface area contributed by atoms with Crippen molar-refractivity contribution in [2.75, 3.05) is 20.2 Å². The van der Waals surface area contributed by atoms with Crippen molar-refractivity contribution >= 4 is 5.97 Å². The van der Waals surface area contributed by atoms with Gasteiger partial charge in [0.15, 0.2) is 0 Å².